The van der Waals surface area contributed by atoms with Crippen molar-refractivity contribution >= 4 is 11.6 Å². The third kappa shape index (κ3) is 2.48. The Bertz CT molecular complexity index is 551. The van der Waals surface area contributed by atoms with E-state index in [0.717, 1.165) is 12.2 Å². The molecule has 0 spiro atoms. The van der Waals surface area contributed by atoms with Crippen LogP contribution >= 0.6 is 0 Å². The molecule has 1 N–H and O–H groups in total. The zero-order valence-corrected chi connectivity index (χ0v) is 10.1. The quantitative estimate of drug-likeness (QED) is 0.892. The van der Waals surface area contributed by atoms with Crippen molar-refractivity contribution in [2.75, 3.05) is 12.4 Å². The average molecular weight is 247 g/mol. The molecule has 18 heavy (non-hydrogen) atoms. The number of nitrogens with one attached hydrogen (secondary N) is 1. The van der Waals surface area contributed by atoms with Crippen LogP contribution in [0.2, 0.25) is 0 Å². The molecular formula is C12H13N3O3. The number of ether oxygens (including phenoxy) is 1. The van der Waals surface area contributed by atoms with Gasteiger partial charge in [-0.25, -0.2) is 4.98 Å². The van der Waals surface area contributed by atoms with Crippen LogP contribution in [0.25, 0.3) is 0 Å². The third-order valence-electron chi connectivity index (χ3n) is 2.35. The smallest absolute Gasteiger partial charge is 0.291 e. The van der Waals surface area contributed by atoms with Crippen LogP contribution in [0, 0.1) is 0 Å². The number of aryl methyl sites for hydroxylation is 1. The number of anilines is 1. The highest BCUT2D eigenvalue weighted by atomic mass is 16.5. The Balaban J connectivity index is 2.16. The second-order valence-corrected chi connectivity index (χ2v) is 3.52. The Labute approximate surface area is 104 Å². The summed E-state index contributed by atoms with van der Waals surface area (Å²) in [5.74, 6) is 0.956. The molecule has 0 unspecified atom stereocenters. The Morgan fingerprint density at radius 1 is 1.50 bits per heavy atom. The van der Waals surface area contributed by atoms with Gasteiger partial charge in [0.1, 0.15) is 17.8 Å². The van der Waals surface area contributed by atoms with Gasteiger partial charge in [0.15, 0.2) is 5.76 Å². The summed E-state index contributed by atoms with van der Waals surface area (Å²) in [6.07, 6.45) is 3.55. The van der Waals surface area contributed by atoms with Crippen molar-refractivity contribution in [3.63, 3.8) is 0 Å². The van der Waals surface area contributed by atoms with Crippen molar-refractivity contribution in [2.45, 2.75) is 13.3 Å². The summed E-state index contributed by atoms with van der Waals surface area (Å²) in [4.78, 5) is 19.6. The lowest BCUT2D eigenvalue weighted by atomic mass is 10.3. The maximum atomic E-state index is 11.9. The summed E-state index contributed by atoms with van der Waals surface area (Å²) in [5.41, 5.74) is 0.402. The average Bonchev–Trinajstić information content (AvgIpc) is 2.88. The van der Waals surface area contributed by atoms with E-state index in [2.05, 4.69) is 15.3 Å². The molecule has 0 saturated carbocycles. The molecule has 0 bridgehead atoms. The molecule has 2 aromatic rings. The first-order chi connectivity index (χ1) is 8.74. The summed E-state index contributed by atoms with van der Waals surface area (Å²) >= 11 is 0. The maximum Gasteiger partial charge on any atom is 0.291 e. The van der Waals surface area contributed by atoms with E-state index in [1.165, 1.54) is 19.6 Å². The molecule has 6 heteroatoms. The fraction of sp³-hybridized carbons (Fsp3) is 0.250. The zero-order chi connectivity index (χ0) is 13.0. The standard InChI is InChI=1S/C12H13N3O3/c1-3-8-4-5-10(18-8)11(16)15-9-6-13-7-14-12(9)17-2/h4-7H,3H2,1-2H3,(H,15,16). The van der Waals surface area contributed by atoms with Crippen LogP contribution in [0.15, 0.2) is 29.1 Å². The summed E-state index contributed by atoms with van der Waals surface area (Å²) in [7, 11) is 1.47. The van der Waals surface area contributed by atoms with Gasteiger partial charge in [0.05, 0.1) is 13.3 Å². The van der Waals surface area contributed by atoms with Crippen molar-refractivity contribution in [3.8, 4) is 5.88 Å². The first kappa shape index (κ1) is 12.1. The molecule has 6 nitrogen and oxygen atoms in total. The van der Waals surface area contributed by atoms with Crippen LogP contribution in [0.4, 0.5) is 5.69 Å². The largest absolute Gasteiger partial charge is 0.479 e. The molecule has 2 heterocycles. The number of furan rings is 1. The molecule has 0 aromatic carbocycles. The molecule has 0 aliphatic rings. The predicted octanol–water partition coefficient (Wildman–Crippen LogP) is 1.89. The summed E-state index contributed by atoms with van der Waals surface area (Å²) in [5, 5.41) is 2.63. The SMILES string of the molecule is CCc1ccc(C(=O)Nc2cncnc2OC)o1. The number of carbonyl (C=O) groups excluding carboxylic acids is 1. The molecule has 0 saturated heterocycles. The summed E-state index contributed by atoms with van der Waals surface area (Å²) in [6, 6.07) is 3.40. The molecule has 0 fully saturated rings. The Morgan fingerprint density at radius 2 is 2.33 bits per heavy atom. The molecule has 2 rings (SSSR count). The highest BCUT2D eigenvalue weighted by molar-refractivity contribution is 6.02. The highest BCUT2D eigenvalue weighted by Gasteiger charge is 2.13. The van der Waals surface area contributed by atoms with E-state index < -0.39 is 0 Å². The van der Waals surface area contributed by atoms with E-state index in [9.17, 15) is 4.79 Å². The summed E-state index contributed by atoms with van der Waals surface area (Å²) in [6.45, 7) is 1.95. The van der Waals surface area contributed by atoms with Crippen LogP contribution in [-0.2, 0) is 6.42 Å². The number of rotatable bonds is 4. The minimum absolute atomic E-state index is 0.248. The van der Waals surface area contributed by atoms with Crippen molar-refractivity contribution in [1.29, 1.82) is 0 Å². The number of methoxy groups -OCH3 is 1. The van der Waals surface area contributed by atoms with Gasteiger partial charge in [0.25, 0.3) is 5.91 Å². The Kier molecular flexibility index (Phi) is 3.57. The van der Waals surface area contributed by atoms with Gasteiger partial charge in [-0.3, -0.25) is 4.79 Å². The number of hydrogen-bond donors (Lipinski definition) is 1. The number of hydrogen-bond acceptors (Lipinski definition) is 5. The number of nitrogens with zero attached hydrogens (tertiary/aromatic N) is 2. The van der Waals surface area contributed by atoms with Crippen molar-refractivity contribution < 1.29 is 13.9 Å². The normalized spacial score (nSPS) is 10.1. The molecule has 0 aliphatic carbocycles. The molecule has 0 atom stereocenters. The Hall–Kier alpha value is -2.37. The second kappa shape index (κ2) is 5.31. The van der Waals surface area contributed by atoms with Gasteiger partial charge < -0.3 is 14.5 Å². The van der Waals surface area contributed by atoms with E-state index in [1.807, 2.05) is 6.92 Å². The minimum Gasteiger partial charge on any atom is -0.479 e. The number of aromatic nitrogens is 2. The van der Waals surface area contributed by atoms with E-state index in [1.54, 1.807) is 12.1 Å². The van der Waals surface area contributed by atoms with E-state index in [0.29, 0.717) is 11.6 Å². The zero-order valence-electron chi connectivity index (χ0n) is 10.1. The first-order valence-corrected chi connectivity index (χ1v) is 5.48. The Morgan fingerprint density at radius 3 is 3.00 bits per heavy atom. The van der Waals surface area contributed by atoms with Crippen molar-refractivity contribution in [3.05, 3.63) is 36.2 Å². The molecule has 0 radical (unpaired) electrons. The van der Waals surface area contributed by atoms with Crippen molar-refractivity contribution in [2.24, 2.45) is 0 Å². The van der Waals surface area contributed by atoms with Gasteiger partial charge in [-0.2, -0.15) is 4.98 Å². The minimum atomic E-state index is -0.359. The fourth-order valence-electron chi connectivity index (χ4n) is 1.44. The maximum absolute atomic E-state index is 11.9. The van der Waals surface area contributed by atoms with Gasteiger partial charge in [-0.05, 0) is 12.1 Å². The summed E-state index contributed by atoms with van der Waals surface area (Å²) < 4.78 is 10.4. The van der Waals surface area contributed by atoms with Gasteiger partial charge in [0.2, 0.25) is 5.88 Å². The van der Waals surface area contributed by atoms with Crippen LogP contribution in [0.5, 0.6) is 5.88 Å². The molecular weight excluding hydrogens is 234 g/mol. The van der Waals surface area contributed by atoms with E-state index in [4.69, 9.17) is 9.15 Å². The lowest BCUT2D eigenvalue weighted by Gasteiger charge is -2.06. The van der Waals surface area contributed by atoms with Crippen LogP contribution in [0.3, 0.4) is 0 Å². The van der Waals surface area contributed by atoms with E-state index >= 15 is 0 Å². The van der Waals surface area contributed by atoms with Crippen molar-refractivity contribution in [1.82, 2.24) is 9.97 Å². The van der Waals surface area contributed by atoms with Gasteiger partial charge in [0, 0.05) is 6.42 Å². The lowest BCUT2D eigenvalue weighted by molar-refractivity contribution is 0.0994. The molecule has 94 valence electrons. The molecule has 2 aromatic heterocycles. The van der Waals surface area contributed by atoms with Gasteiger partial charge >= 0.3 is 0 Å². The number of amides is 1. The third-order valence-corrected chi connectivity index (χ3v) is 2.35. The van der Waals surface area contributed by atoms with Gasteiger partial charge in [-0.15, -0.1) is 0 Å². The number of carbonyl (C=O) groups is 1. The van der Waals surface area contributed by atoms with Crippen LogP contribution in [0.1, 0.15) is 23.2 Å². The van der Waals surface area contributed by atoms with E-state index in [-0.39, 0.29) is 11.7 Å². The first-order valence-electron chi connectivity index (χ1n) is 5.48. The monoisotopic (exact) mass is 247 g/mol. The fourth-order valence-corrected chi connectivity index (χ4v) is 1.44. The highest BCUT2D eigenvalue weighted by Crippen LogP contribution is 2.20. The van der Waals surface area contributed by atoms with Gasteiger partial charge in [-0.1, -0.05) is 6.92 Å². The van der Waals surface area contributed by atoms with Crippen LogP contribution in [-0.4, -0.2) is 23.0 Å². The lowest BCUT2D eigenvalue weighted by Crippen LogP contribution is -2.12. The predicted molar refractivity (Wildman–Crippen MR) is 64.6 cm³/mol. The second-order valence-electron chi connectivity index (χ2n) is 3.52. The topological polar surface area (TPSA) is 77.2 Å². The molecule has 1 amide bonds. The van der Waals surface area contributed by atoms with Crippen LogP contribution < -0.4 is 10.1 Å². The molecule has 0 aliphatic heterocycles.